The van der Waals surface area contributed by atoms with E-state index < -0.39 is 0 Å². The summed E-state index contributed by atoms with van der Waals surface area (Å²) in [6.45, 7) is 0.912. The van der Waals surface area contributed by atoms with Gasteiger partial charge >= 0.3 is 0 Å². The number of carbonyl (C=O) groups excluding carboxylic acids is 1. The molecule has 0 unspecified atom stereocenters. The molecule has 3 aromatic rings. The van der Waals surface area contributed by atoms with Gasteiger partial charge in [-0.25, -0.2) is 4.98 Å². The minimum Gasteiger partial charge on any atom is -0.340 e. The molecule has 0 fully saturated rings. The molecule has 0 saturated heterocycles. The Morgan fingerprint density at radius 1 is 1.18 bits per heavy atom. The Morgan fingerprint density at radius 2 is 1.91 bits per heavy atom. The first-order chi connectivity index (χ1) is 10.7. The van der Waals surface area contributed by atoms with Crippen LogP contribution in [0.1, 0.15) is 21.7 Å². The van der Waals surface area contributed by atoms with Crippen molar-refractivity contribution in [2.75, 3.05) is 7.05 Å². The molecule has 0 spiro atoms. The first kappa shape index (κ1) is 14.3. The summed E-state index contributed by atoms with van der Waals surface area (Å²) in [6.07, 6.45) is 0. The zero-order valence-corrected chi connectivity index (χ0v) is 12.4. The van der Waals surface area contributed by atoms with Crippen LogP contribution in [0.2, 0.25) is 0 Å². The molecule has 1 amide bonds. The van der Waals surface area contributed by atoms with E-state index >= 15 is 0 Å². The molecule has 2 aromatic carbocycles. The van der Waals surface area contributed by atoms with Gasteiger partial charge in [0.25, 0.3) is 5.91 Å². The third kappa shape index (κ3) is 2.84. The number of carbonyl (C=O) groups is 1. The number of H-pyrrole nitrogens is 1. The van der Waals surface area contributed by atoms with Gasteiger partial charge in [-0.15, -0.1) is 0 Å². The minimum atomic E-state index is -0.0379. The van der Waals surface area contributed by atoms with Crippen molar-refractivity contribution in [3.8, 4) is 0 Å². The zero-order valence-electron chi connectivity index (χ0n) is 12.4. The Bertz CT molecular complexity index is 759. The van der Waals surface area contributed by atoms with E-state index in [1.54, 1.807) is 24.1 Å². The Hall–Kier alpha value is -2.66. The van der Waals surface area contributed by atoms with E-state index in [0.717, 1.165) is 22.4 Å². The topological polar surface area (TPSA) is 75.0 Å². The van der Waals surface area contributed by atoms with E-state index in [1.807, 2.05) is 36.4 Å². The number of amides is 1. The lowest BCUT2D eigenvalue weighted by molar-refractivity contribution is 0.0782. The van der Waals surface area contributed by atoms with E-state index in [-0.39, 0.29) is 5.91 Å². The minimum absolute atomic E-state index is 0.0379. The average Bonchev–Trinajstić information content (AvgIpc) is 2.96. The van der Waals surface area contributed by atoms with Gasteiger partial charge in [-0.3, -0.25) is 4.79 Å². The number of fused-ring (bicyclic) bond motifs is 1. The first-order valence-electron chi connectivity index (χ1n) is 7.15. The lowest BCUT2D eigenvalue weighted by Crippen LogP contribution is -2.26. The summed E-state index contributed by atoms with van der Waals surface area (Å²) in [4.78, 5) is 21.8. The maximum Gasteiger partial charge on any atom is 0.253 e. The fraction of sp³-hybridized carbons (Fsp3) is 0.176. The molecule has 3 rings (SSSR count). The van der Waals surface area contributed by atoms with Crippen LogP contribution in [0.5, 0.6) is 0 Å². The first-order valence-corrected chi connectivity index (χ1v) is 7.15. The number of imidazole rings is 1. The number of aromatic nitrogens is 2. The quantitative estimate of drug-likeness (QED) is 0.775. The highest BCUT2D eigenvalue weighted by Gasteiger charge is 2.13. The van der Waals surface area contributed by atoms with Crippen LogP contribution < -0.4 is 5.73 Å². The average molecular weight is 294 g/mol. The molecule has 22 heavy (non-hydrogen) atoms. The number of para-hydroxylation sites is 2. The lowest BCUT2D eigenvalue weighted by Gasteiger charge is -2.15. The number of rotatable bonds is 4. The van der Waals surface area contributed by atoms with Gasteiger partial charge in [0.15, 0.2) is 0 Å². The predicted octanol–water partition coefficient (Wildman–Crippen LogP) is 2.29. The summed E-state index contributed by atoms with van der Waals surface area (Å²) in [5.74, 6) is 0.736. The van der Waals surface area contributed by atoms with E-state index in [2.05, 4.69) is 9.97 Å². The van der Waals surface area contributed by atoms with Crippen LogP contribution >= 0.6 is 0 Å². The maximum absolute atomic E-state index is 12.4. The van der Waals surface area contributed by atoms with Crippen LogP contribution in [0.15, 0.2) is 48.5 Å². The predicted molar refractivity (Wildman–Crippen MR) is 86.2 cm³/mol. The summed E-state index contributed by atoms with van der Waals surface area (Å²) in [5, 5.41) is 0. The number of nitrogens with one attached hydrogen (secondary N) is 1. The third-order valence-electron chi connectivity index (χ3n) is 3.61. The second kappa shape index (κ2) is 5.99. The van der Waals surface area contributed by atoms with Gasteiger partial charge in [0.1, 0.15) is 5.82 Å². The molecule has 0 aliphatic rings. The molecule has 3 N–H and O–H groups in total. The van der Waals surface area contributed by atoms with Crippen molar-refractivity contribution in [2.45, 2.75) is 13.1 Å². The van der Waals surface area contributed by atoms with Gasteiger partial charge in [-0.05, 0) is 29.8 Å². The molecule has 0 atom stereocenters. The third-order valence-corrected chi connectivity index (χ3v) is 3.61. The highest BCUT2D eigenvalue weighted by molar-refractivity contribution is 5.94. The molecule has 0 bridgehead atoms. The van der Waals surface area contributed by atoms with Crippen LogP contribution in [0.25, 0.3) is 11.0 Å². The van der Waals surface area contributed by atoms with Gasteiger partial charge < -0.3 is 15.6 Å². The SMILES string of the molecule is CN(Cc1nc2ccccc2[nH]1)C(=O)c1ccc(CN)cc1. The zero-order chi connectivity index (χ0) is 15.5. The van der Waals surface area contributed by atoms with Gasteiger partial charge in [0.2, 0.25) is 0 Å². The number of benzene rings is 2. The standard InChI is InChI=1S/C17H18N4O/c1-21(17(22)13-8-6-12(10-18)7-9-13)11-16-19-14-4-2-3-5-15(14)20-16/h2-9H,10-11,18H2,1H3,(H,19,20). The van der Waals surface area contributed by atoms with E-state index in [0.29, 0.717) is 18.7 Å². The highest BCUT2D eigenvalue weighted by atomic mass is 16.2. The number of hydrogen-bond donors (Lipinski definition) is 2. The molecular formula is C17H18N4O. The Labute approximate surface area is 128 Å². The van der Waals surface area contributed by atoms with Gasteiger partial charge in [0, 0.05) is 19.2 Å². The molecule has 0 aliphatic carbocycles. The Morgan fingerprint density at radius 3 is 2.59 bits per heavy atom. The summed E-state index contributed by atoms with van der Waals surface area (Å²) in [7, 11) is 1.77. The van der Waals surface area contributed by atoms with Crippen molar-refractivity contribution in [2.24, 2.45) is 5.73 Å². The summed E-state index contributed by atoms with van der Waals surface area (Å²) >= 11 is 0. The molecule has 1 heterocycles. The van der Waals surface area contributed by atoms with Crippen molar-refractivity contribution in [1.82, 2.24) is 14.9 Å². The van der Waals surface area contributed by atoms with Crippen molar-refractivity contribution >= 4 is 16.9 Å². The van der Waals surface area contributed by atoms with E-state index in [4.69, 9.17) is 5.73 Å². The summed E-state index contributed by atoms with van der Waals surface area (Å²) in [5.41, 5.74) is 9.11. The molecule has 0 saturated carbocycles. The number of nitrogens with zero attached hydrogens (tertiary/aromatic N) is 2. The Balaban J connectivity index is 1.74. The van der Waals surface area contributed by atoms with Gasteiger partial charge in [-0.1, -0.05) is 24.3 Å². The molecule has 112 valence electrons. The van der Waals surface area contributed by atoms with Crippen molar-refractivity contribution in [3.63, 3.8) is 0 Å². The number of aromatic amines is 1. The number of nitrogens with two attached hydrogens (primary N) is 1. The van der Waals surface area contributed by atoms with Crippen LogP contribution in [-0.2, 0) is 13.1 Å². The van der Waals surface area contributed by atoms with Crippen LogP contribution in [-0.4, -0.2) is 27.8 Å². The van der Waals surface area contributed by atoms with Crippen LogP contribution in [0, 0.1) is 0 Å². The lowest BCUT2D eigenvalue weighted by atomic mass is 10.1. The Kier molecular flexibility index (Phi) is 3.89. The molecule has 5 heteroatoms. The molecular weight excluding hydrogens is 276 g/mol. The second-order valence-corrected chi connectivity index (χ2v) is 5.26. The number of hydrogen-bond acceptors (Lipinski definition) is 3. The van der Waals surface area contributed by atoms with Crippen LogP contribution in [0.4, 0.5) is 0 Å². The fourth-order valence-corrected chi connectivity index (χ4v) is 2.38. The maximum atomic E-state index is 12.4. The van der Waals surface area contributed by atoms with Crippen molar-refractivity contribution < 1.29 is 4.79 Å². The summed E-state index contributed by atoms with van der Waals surface area (Å²) in [6, 6.07) is 15.2. The normalized spacial score (nSPS) is 10.8. The smallest absolute Gasteiger partial charge is 0.253 e. The fourth-order valence-electron chi connectivity index (χ4n) is 2.38. The van der Waals surface area contributed by atoms with E-state index in [1.165, 1.54) is 0 Å². The van der Waals surface area contributed by atoms with Crippen molar-refractivity contribution in [1.29, 1.82) is 0 Å². The van der Waals surface area contributed by atoms with Crippen molar-refractivity contribution in [3.05, 3.63) is 65.5 Å². The molecule has 1 aromatic heterocycles. The second-order valence-electron chi connectivity index (χ2n) is 5.26. The van der Waals surface area contributed by atoms with Gasteiger partial charge in [0.05, 0.1) is 17.6 Å². The largest absolute Gasteiger partial charge is 0.340 e. The molecule has 5 nitrogen and oxygen atoms in total. The molecule has 0 radical (unpaired) electrons. The van der Waals surface area contributed by atoms with Crippen LogP contribution in [0.3, 0.4) is 0 Å². The molecule has 0 aliphatic heterocycles. The highest BCUT2D eigenvalue weighted by Crippen LogP contribution is 2.13. The van der Waals surface area contributed by atoms with E-state index in [9.17, 15) is 4.79 Å². The van der Waals surface area contributed by atoms with Gasteiger partial charge in [-0.2, -0.15) is 0 Å². The summed E-state index contributed by atoms with van der Waals surface area (Å²) < 4.78 is 0. The monoisotopic (exact) mass is 294 g/mol.